The largest absolute Gasteiger partial charge is 0.494 e. The van der Waals surface area contributed by atoms with E-state index in [-0.39, 0.29) is 0 Å². The van der Waals surface area contributed by atoms with Crippen LogP contribution in [0.15, 0.2) is 18.2 Å². The molecule has 0 radical (unpaired) electrons. The van der Waals surface area contributed by atoms with Crippen LogP contribution in [0.25, 0.3) is 0 Å². The van der Waals surface area contributed by atoms with Crippen LogP contribution in [0, 0.1) is 6.92 Å². The lowest BCUT2D eigenvalue weighted by molar-refractivity contribution is 0.340. The van der Waals surface area contributed by atoms with E-state index in [1.165, 1.54) is 11.3 Å². The van der Waals surface area contributed by atoms with E-state index in [0.29, 0.717) is 6.04 Å². The average molecular weight is 193 g/mol. The van der Waals surface area contributed by atoms with Crippen molar-refractivity contribution in [1.82, 2.24) is 0 Å². The highest BCUT2D eigenvalue weighted by Crippen LogP contribution is 2.21. The van der Waals surface area contributed by atoms with Crippen molar-refractivity contribution >= 4 is 5.69 Å². The minimum atomic E-state index is 0.464. The Morgan fingerprint density at radius 1 is 1.36 bits per heavy atom. The summed E-state index contributed by atoms with van der Waals surface area (Å²) in [7, 11) is 0. The fourth-order valence-corrected chi connectivity index (χ4v) is 1.37. The van der Waals surface area contributed by atoms with Gasteiger partial charge in [-0.1, -0.05) is 0 Å². The van der Waals surface area contributed by atoms with Gasteiger partial charge in [0.05, 0.1) is 6.61 Å². The molecule has 14 heavy (non-hydrogen) atoms. The molecule has 0 atom stereocenters. The summed E-state index contributed by atoms with van der Waals surface area (Å²) < 4.78 is 5.42. The molecule has 0 aliphatic heterocycles. The molecule has 0 spiro atoms. The first-order chi connectivity index (χ1) is 6.63. The maximum absolute atomic E-state index is 5.42. The number of rotatable bonds is 4. The lowest BCUT2D eigenvalue weighted by Gasteiger charge is -2.13. The summed E-state index contributed by atoms with van der Waals surface area (Å²) in [4.78, 5) is 0. The van der Waals surface area contributed by atoms with Gasteiger partial charge in [-0.15, -0.1) is 0 Å². The molecule has 0 heterocycles. The third kappa shape index (κ3) is 2.95. The van der Waals surface area contributed by atoms with E-state index in [1.807, 2.05) is 13.0 Å². The van der Waals surface area contributed by atoms with Gasteiger partial charge in [-0.3, -0.25) is 0 Å². The third-order valence-electron chi connectivity index (χ3n) is 1.95. The van der Waals surface area contributed by atoms with Crippen molar-refractivity contribution in [2.24, 2.45) is 0 Å². The first-order valence-corrected chi connectivity index (χ1v) is 5.13. The van der Waals surface area contributed by atoms with E-state index in [0.717, 1.165) is 12.4 Å². The monoisotopic (exact) mass is 193 g/mol. The highest BCUT2D eigenvalue weighted by molar-refractivity contribution is 5.53. The van der Waals surface area contributed by atoms with Gasteiger partial charge in [-0.2, -0.15) is 0 Å². The summed E-state index contributed by atoms with van der Waals surface area (Å²) in [5.41, 5.74) is 2.41. The summed E-state index contributed by atoms with van der Waals surface area (Å²) in [6.45, 7) is 9.07. The van der Waals surface area contributed by atoms with Crippen LogP contribution in [0.2, 0.25) is 0 Å². The number of anilines is 1. The maximum Gasteiger partial charge on any atom is 0.119 e. The Hall–Kier alpha value is -1.18. The Morgan fingerprint density at radius 2 is 2.07 bits per heavy atom. The first kappa shape index (κ1) is 10.9. The van der Waals surface area contributed by atoms with E-state index in [2.05, 4.69) is 38.2 Å². The summed E-state index contributed by atoms with van der Waals surface area (Å²) in [5.74, 6) is 0.944. The predicted molar refractivity (Wildman–Crippen MR) is 61.1 cm³/mol. The molecule has 0 aliphatic carbocycles. The molecule has 2 nitrogen and oxygen atoms in total. The summed E-state index contributed by atoms with van der Waals surface area (Å²) >= 11 is 0. The van der Waals surface area contributed by atoms with Crippen molar-refractivity contribution in [2.75, 3.05) is 11.9 Å². The standard InChI is InChI=1S/C12H19NO/c1-5-14-11-6-7-12(10(4)8-11)13-9(2)3/h6-9,13H,5H2,1-4H3. The van der Waals surface area contributed by atoms with Crippen LogP contribution in [0.3, 0.4) is 0 Å². The van der Waals surface area contributed by atoms with Crippen molar-refractivity contribution in [3.05, 3.63) is 23.8 Å². The fraction of sp³-hybridized carbons (Fsp3) is 0.500. The van der Waals surface area contributed by atoms with Gasteiger partial charge in [0.2, 0.25) is 0 Å². The van der Waals surface area contributed by atoms with E-state index in [9.17, 15) is 0 Å². The van der Waals surface area contributed by atoms with Crippen molar-refractivity contribution in [2.45, 2.75) is 33.7 Å². The van der Waals surface area contributed by atoms with Crippen molar-refractivity contribution in [1.29, 1.82) is 0 Å². The molecule has 1 aromatic rings. The maximum atomic E-state index is 5.42. The van der Waals surface area contributed by atoms with Crippen molar-refractivity contribution in [3.63, 3.8) is 0 Å². The van der Waals surface area contributed by atoms with Gasteiger partial charge >= 0.3 is 0 Å². The Kier molecular flexibility index (Phi) is 3.81. The molecule has 1 N–H and O–H groups in total. The molecule has 1 aromatic carbocycles. The molecule has 0 aromatic heterocycles. The molecule has 0 amide bonds. The highest BCUT2D eigenvalue weighted by Gasteiger charge is 2.01. The van der Waals surface area contributed by atoms with Crippen LogP contribution in [0.5, 0.6) is 5.75 Å². The zero-order valence-electron chi connectivity index (χ0n) is 9.42. The van der Waals surface area contributed by atoms with Crippen LogP contribution in [0.4, 0.5) is 5.69 Å². The van der Waals surface area contributed by atoms with Gasteiger partial charge in [0.25, 0.3) is 0 Å². The molecule has 0 bridgehead atoms. The smallest absolute Gasteiger partial charge is 0.119 e. The van der Waals surface area contributed by atoms with E-state index >= 15 is 0 Å². The summed E-state index contributed by atoms with van der Waals surface area (Å²) in [6.07, 6.45) is 0. The SMILES string of the molecule is CCOc1ccc(NC(C)C)c(C)c1. The lowest BCUT2D eigenvalue weighted by atomic mass is 10.2. The number of nitrogens with one attached hydrogen (secondary N) is 1. The number of benzene rings is 1. The van der Waals surface area contributed by atoms with Gasteiger partial charge in [0.1, 0.15) is 5.75 Å². The number of hydrogen-bond donors (Lipinski definition) is 1. The van der Waals surface area contributed by atoms with Crippen molar-refractivity contribution in [3.8, 4) is 5.75 Å². The second-order valence-electron chi connectivity index (χ2n) is 3.71. The Labute approximate surface area is 86.3 Å². The Bertz CT molecular complexity index is 294. The molecule has 2 heteroatoms. The number of aryl methyl sites for hydroxylation is 1. The van der Waals surface area contributed by atoms with Gasteiger partial charge < -0.3 is 10.1 Å². The number of ether oxygens (including phenoxy) is 1. The van der Waals surface area contributed by atoms with Crippen LogP contribution in [-0.2, 0) is 0 Å². The highest BCUT2D eigenvalue weighted by atomic mass is 16.5. The minimum Gasteiger partial charge on any atom is -0.494 e. The predicted octanol–water partition coefficient (Wildman–Crippen LogP) is 3.21. The Morgan fingerprint density at radius 3 is 2.57 bits per heavy atom. The normalized spacial score (nSPS) is 10.4. The molecule has 0 saturated carbocycles. The third-order valence-corrected chi connectivity index (χ3v) is 1.95. The second-order valence-corrected chi connectivity index (χ2v) is 3.71. The molecular weight excluding hydrogens is 174 g/mol. The van der Waals surface area contributed by atoms with Gasteiger partial charge in [0.15, 0.2) is 0 Å². The average Bonchev–Trinajstić information content (AvgIpc) is 2.10. The van der Waals surface area contributed by atoms with E-state index < -0.39 is 0 Å². The molecule has 0 saturated heterocycles. The fourth-order valence-electron chi connectivity index (χ4n) is 1.37. The molecule has 1 rings (SSSR count). The summed E-state index contributed by atoms with van der Waals surface area (Å²) in [5, 5.41) is 3.39. The molecule has 0 fully saturated rings. The zero-order chi connectivity index (χ0) is 10.6. The topological polar surface area (TPSA) is 21.3 Å². The minimum absolute atomic E-state index is 0.464. The molecule has 0 aliphatic rings. The van der Waals surface area contributed by atoms with E-state index in [4.69, 9.17) is 4.74 Å². The van der Waals surface area contributed by atoms with Gasteiger partial charge in [0, 0.05) is 11.7 Å². The first-order valence-electron chi connectivity index (χ1n) is 5.13. The Balaban J connectivity index is 2.79. The molecular formula is C12H19NO. The van der Waals surface area contributed by atoms with Gasteiger partial charge in [-0.25, -0.2) is 0 Å². The van der Waals surface area contributed by atoms with Crippen LogP contribution >= 0.6 is 0 Å². The number of hydrogen-bond acceptors (Lipinski definition) is 2. The van der Waals surface area contributed by atoms with E-state index in [1.54, 1.807) is 0 Å². The van der Waals surface area contributed by atoms with Crippen LogP contribution < -0.4 is 10.1 Å². The summed E-state index contributed by atoms with van der Waals surface area (Å²) in [6, 6.07) is 6.60. The molecule has 78 valence electrons. The quantitative estimate of drug-likeness (QED) is 0.792. The molecule has 0 unspecified atom stereocenters. The van der Waals surface area contributed by atoms with Crippen molar-refractivity contribution < 1.29 is 4.74 Å². The zero-order valence-corrected chi connectivity index (χ0v) is 9.42. The second kappa shape index (κ2) is 4.89. The van der Waals surface area contributed by atoms with Crippen LogP contribution in [-0.4, -0.2) is 12.6 Å². The van der Waals surface area contributed by atoms with Crippen LogP contribution in [0.1, 0.15) is 26.3 Å². The van der Waals surface area contributed by atoms with Gasteiger partial charge in [-0.05, 0) is 51.5 Å². The lowest BCUT2D eigenvalue weighted by Crippen LogP contribution is -2.10.